The molecule has 0 aliphatic carbocycles. The first-order valence-corrected chi connectivity index (χ1v) is 13.8. The van der Waals surface area contributed by atoms with Crippen LogP contribution in [-0.2, 0) is 16.9 Å². The number of alkyl halides is 3. The zero-order valence-electron chi connectivity index (χ0n) is 24.6. The van der Waals surface area contributed by atoms with Gasteiger partial charge < -0.3 is 28.7 Å². The Kier molecular flexibility index (Phi) is 8.06. The van der Waals surface area contributed by atoms with E-state index in [1.54, 1.807) is 64.1 Å². The van der Waals surface area contributed by atoms with Crippen molar-refractivity contribution in [3.8, 4) is 23.0 Å². The minimum Gasteiger partial charge on any atom is -0.485 e. The number of ether oxygens (including phenoxy) is 3. The van der Waals surface area contributed by atoms with Gasteiger partial charge in [-0.05, 0) is 68.3 Å². The summed E-state index contributed by atoms with van der Waals surface area (Å²) in [5.74, 6) is 0.710. The van der Waals surface area contributed by atoms with Crippen LogP contribution in [0.2, 0.25) is 0 Å². The van der Waals surface area contributed by atoms with Gasteiger partial charge >= 0.3 is 12.5 Å². The van der Waals surface area contributed by atoms with Gasteiger partial charge in [0.15, 0.2) is 6.61 Å². The van der Waals surface area contributed by atoms with Gasteiger partial charge in [-0.1, -0.05) is 54.5 Å². The van der Waals surface area contributed by atoms with Gasteiger partial charge in [-0.25, -0.2) is 4.79 Å². The average molecular weight is 612 g/mol. The van der Waals surface area contributed by atoms with E-state index in [-0.39, 0.29) is 25.6 Å². The van der Waals surface area contributed by atoms with Gasteiger partial charge in [-0.15, -0.1) is 13.2 Å². The van der Waals surface area contributed by atoms with E-state index in [1.807, 2.05) is 18.2 Å². The molecule has 12 heteroatoms. The van der Waals surface area contributed by atoms with E-state index in [0.29, 0.717) is 28.3 Å². The van der Waals surface area contributed by atoms with Gasteiger partial charge in [0.2, 0.25) is 5.82 Å². The number of hydrogen-bond acceptors (Lipinski definition) is 8. The summed E-state index contributed by atoms with van der Waals surface area (Å²) >= 11 is 0. The van der Waals surface area contributed by atoms with Crippen LogP contribution in [0.25, 0.3) is 11.5 Å². The van der Waals surface area contributed by atoms with E-state index >= 15 is 0 Å². The van der Waals surface area contributed by atoms with E-state index in [1.165, 1.54) is 17.0 Å². The Labute approximate surface area is 252 Å². The maximum Gasteiger partial charge on any atom is 0.573 e. The summed E-state index contributed by atoms with van der Waals surface area (Å²) in [6.45, 7) is 7.37. The summed E-state index contributed by atoms with van der Waals surface area (Å²) in [6, 6.07) is 21.0. The highest BCUT2D eigenvalue weighted by Crippen LogP contribution is 2.51. The summed E-state index contributed by atoms with van der Waals surface area (Å²) in [5.41, 5.74) is -2.22. The lowest BCUT2D eigenvalue weighted by molar-refractivity contribution is -0.274. The van der Waals surface area contributed by atoms with Crippen molar-refractivity contribution < 1.29 is 41.8 Å². The van der Waals surface area contributed by atoms with Gasteiger partial charge in [0.25, 0.3) is 5.89 Å². The quantitative estimate of drug-likeness (QED) is 0.234. The molecule has 0 bridgehead atoms. The zero-order valence-corrected chi connectivity index (χ0v) is 24.6. The van der Waals surface area contributed by atoms with Crippen molar-refractivity contribution in [2.24, 2.45) is 5.41 Å². The Morgan fingerprint density at radius 1 is 0.955 bits per heavy atom. The lowest BCUT2D eigenvalue weighted by atomic mass is 9.62. The molecule has 4 aromatic rings. The molecule has 1 amide bonds. The summed E-state index contributed by atoms with van der Waals surface area (Å²) in [4.78, 5) is 18.6. The molecule has 1 fully saturated rings. The van der Waals surface area contributed by atoms with Gasteiger partial charge in [-0.3, -0.25) is 0 Å². The number of nitrogens with zero attached hydrogens (tertiary/aromatic N) is 3. The van der Waals surface area contributed by atoms with Crippen molar-refractivity contribution in [1.82, 2.24) is 15.0 Å². The van der Waals surface area contributed by atoms with Crippen LogP contribution < -0.4 is 9.47 Å². The van der Waals surface area contributed by atoms with Gasteiger partial charge in [-0.2, -0.15) is 4.98 Å². The van der Waals surface area contributed by atoms with Crippen LogP contribution in [0.4, 0.5) is 18.0 Å². The third-order valence-electron chi connectivity index (χ3n) is 7.22. The number of amides is 1. The van der Waals surface area contributed by atoms with Crippen LogP contribution >= 0.6 is 0 Å². The Balaban J connectivity index is 1.46. The number of rotatable bonds is 8. The number of aromatic nitrogens is 2. The van der Waals surface area contributed by atoms with E-state index in [2.05, 4.69) is 14.9 Å². The predicted octanol–water partition coefficient (Wildman–Crippen LogP) is 6.71. The van der Waals surface area contributed by atoms with Crippen molar-refractivity contribution in [1.29, 1.82) is 0 Å². The minimum absolute atomic E-state index is 0.0715. The Hall–Kier alpha value is -4.58. The molecule has 5 rings (SSSR count). The third kappa shape index (κ3) is 6.65. The number of aliphatic hydroxyl groups is 1. The number of para-hydroxylation sites is 1. The van der Waals surface area contributed by atoms with Crippen molar-refractivity contribution in [2.45, 2.75) is 51.9 Å². The fourth-order valence-corrected chi connectivity index (χ4v) is 5.21. The van der Waals surface area contributed by atoms with Gasteiger partial charge in [0, 0.05) is 24.1 Å². The molecule has 0 spiro atoms. The molecular formula is C32H32F3N3O6. The van der Waals surface area contributed by atoms with Crippen LogP contribution in [0.15, 0.2) is 83.4 Å². The number of likely N-dealkylation sites (tertiary alicyclic amines) is 1. The number of carbonyl (C=O) groups excluding carboxylic acids is 1. The second-order valence-corrected chi connectivity index (χ2v) is 11.9. The minimum atomic E-state index is -4.87. The molecule has 1 aromatic heterocycles. The molecule has 44 heavy (non-hydrogen) atoms. The average Bonchev–Trinajstić information content (AvgIpc) is 3.42. The molecule has 2 heterocycles. The molecule has 1 aliphatic heterocycles. The SMILES string of the molecule is CC(C)(C)OC(=O)N1CC(C)([C@](O)(c2ccc(OC(F)(F)F)cc2)c2cccc(-c3nc(COc4ccccc4)no3)c2)C1. The second kappa shape index (κ2) is 11.5. The van der Waals surface area contributed by atoms with Crippen molar-refractivity contribution >= 4 is 6.09 Å². The van der Waals surface area contributed by atoms with E-state index in [9.17, 15) is 23.1 Å². The summed E-state index contributed by atoms with van der Waals surface area (Å²) in [7, 11) is 0. The molecule has 232 valence electrons. The van der Waals surface area contributed by atoms with Crippen LogP contribution in [0.3, 0.4) is 0 Å². The largest absolute Gasteiger partial charge is 0.573 e. The molecule has 1 saturated heterocycles. The Morgan fingerprint density at radius 2 is 1.64 bits per heavy atom. The third-order valence-corrected chi connectivity index (χ3v) is 7.22. The van der Waals surface area contributed by atoms with E-state index in [0.717, 1.165) is 12.1 Å². The lowest BCUT2D eigenvalue weighted by Gasteiger charge is -2.56. The highest BCUT2D eigenvalue weighted by atomic mass is 19.4. The number of carbonyl (C=O) groups is 1. The number of hydrogen-bond donors (Lipinski definition) is 1. The van der Waals surface area contributed by atoms with Crippen molar-refractivity contribution in [3.63, 3.8) is 0 Å². The molecule has 9 nitrogen and oxygen atoms in total. The molecule has 0 saturated carbocycles. The second-order valence-electron chi connectivity index (χ2n) is 11.9. The number of benzene rings is 3. The predicted molar refractivity (Wildman–Crippen MR) is 153 cm³/mol. The molecule has 1 aliphatic rings. The highest BCUT2D eigenvalue weighted by Gasteiger charge is 2.58. The summed E-state index contributed by atoms with van der Waals surface area (Å²) in [6.07, 6.45) is -5.40. The lowest BCUT2D eigenvalue weighted by Crippen LogP contribution is -2.66. The molecule has 3 aromatic carbocycles. The molecule has 0 unspecified atom stereocenters. The fraction of sp³-hybridized carbons (Fsp3) is 0.344. The van der Waals surface area contributed by atoms with Gasteiger partial charge in [0.1, 0.15) is 22.7 Å². The Morgan fingerprint density at radius 3 is 2.27 bits per heavy atom. The number of halogens is 3. The molecule has 0 radical (unpaired) electrons. The molecule has 1 atom stereocenters. The van der Waals surface area contributed by atoms with Crippen LogP contribution in [0, 0.1) is 5.41 Å². The normalized spacial score (nSPS) is 16.0. The van der Waals surface area contributed by atoms with Crippen LogP contribution in [0.1, 0.15) is 44.6 Å². The first-order chi connectivity index (χ1) is 20.7. The zero-order chi connectivity index (χ0) is 31.8. The van der Waals surface area contributed by atoms with E-state index in [4.69, 9.17) is 14.0 Å². The monoisotopic (exact) mass is 611 g/mol. The maximum atomic E-state index is 12.8. The standard InChI is InChI=1S/C32H32F3N3O6/c1-29(2,3)43-28(39)38-19-30(4,20-38)31(40,22-13-15-25(16-14-22)42-32(33,34)35)23-10-8-9-21(17-23)27-36-26(37-44-27)18-41-24-11-6-5-7-12-24/h5-17,40H,18-20H2,1-4H3/t31-/m0/s1. The van der Waals surface area contributed by atoms with Crippen LogP contribution in [-0.4, -0.2) is 51.3 Å². The molecule has 1 N–H and O–H groups in total. The highest BCUT2D eigenvalue weighted by molar-refractivity contribution is 5.70. The maximum absolute atomic E-state index is 12.8. The molecular weight excluding hydrogens is 579 g/mol. The van der Waals surface area contributed by atoms with Crippen molar-refractivity contribution in [2.75, 3.05) is 13.1 Å². The van der Waals surface area contributed by atoms with E-state index < -0.39 is 34.8 Å². The van der Waals surface area contributed by atoms with Gasteiger partial charge in [0.05, 0.1) is 0 Å². The first kappa shape index (κ1) is 30.9. The summed E-state index contributed by atoms with van der Waals surface area (Å²) in [5, 5.41) is 16.5. The van der Waals surface area contributed by atoms with Crippen LogP contribution in [0.5, 0.6) is 11.5 Å². The topological polar surface area (TPSA) is 107 Å². The van der Waals surface area contributed by atoms with Crippen molar-refractivity contribution in [3.05, 3.63) is 95.8 Å². The summed E-state index contributed by atoms with van der Waals surface area (Å²) < 4.78 is 59.2. The first-order valence-electron chi connectivity index (χ1n) is 13.8. The smallest absolute Gasteiger partial charge is 0.485 e. The fourth-order valence-electron chi connectivity index (χ4n) is 5.21. The Bertz CT molecular complexity index is 1600.